The van der Waals surface area contributed by atoms with Crippen molar-refractivity contribution in [3.8, 4) is 6.07 Å². The lowest BCUT2D eigenvalue weighted by Crippen LogP contribution is -1.92. The molecule has 0 bridgehead atoms. The van der Waals surface area contributed by atoms with Crippen LogP contribution in [-0.4, -0.2) is 20.0 Å². The molecule has 3 aromatic rings. The highest BCUT2D eigenvalue weighted by molar-refractivity contribution is 5.91. The summed E-state index contributed by atoms with van der Waals surface area (Å²) in [4.78, 5) is 0. The third-order valence-corrected chi connectivity index (χ3v) is 2.66. The molecule has 2 heterocycles. The van der Waals surface area contributed by atoms with Gasteiger partial charge in [0.25, 0.3) is 0 Å². The molecule has 0 unspecified atom stereocenters. The number of aromatic amines is 1. The Balaban J connectivity index is 2.04. The summed E-state index contributed by atoms with van der Waals surface area (Å²) in [5.41, 5.74) is 1.95. The molecular formula is C12H10N6. The van der Waals surface area contributed by atoms with Gasteiger partial charge in [-0.2, -0.15) is 15.5 Å². The maximum absolute atomic E-state index is 8.98. The number of benzene rings is 1. The first-order valence-corrected chi connectivity index (χ1v) is 5.42. The zero-order valence-corrected chi connectivity index (χ0v) is 9.68. The Morgan fingerprint density at radius 1 is 1.39 bits per heavy atom. The van der Waals surface area contributed by atoms with Gasteiger partial charge in [0.1, 0.15) is 6.07 Å². The van der Waals surface area contributed by atoms with E-state index >= 15 is 0 Å². The van der Waals surface area contributed by atoms with Crippen LogP contribution in [0.25, 0.3) is 10.9 Å². The standard InChI is InChI=1S/C12H10N6/c1-18-7-11(10(6-13)17-18)14-12-8-4-2-3-5-9(8)15-16-12/h2-5,7H,1H3,(H2,14,15,16). The Labute approximate surface area is 103 Å². The van der Waals surface area contributed by atoms with E-state index in [-0.39, 0.29) is 0 Å². The summed E-state index contributed by atoms with van der Waals surface area (Å²) in [5.74, 6) is 0.690. The van der Waals surface area contributed by atoms with E-state index < -0.39 is 0 Å². The summed E-state index contributed by atoms with van der Waals surface area (Å²) in [6.45, 7) is 0. The summed E-state index contributed by atoms with van der Waals surface area (Å²) in [6.07, 6.45) is 1.75. The van der Waals surface area contributed by atoms with E-state index in [4.69, 9.17) is 5.26 Å². The Hall–Kier alpha value is -2.81. The quantitative estimate of drug-likeness (QED) is 0.714. The van der Waals surface area contributed by atoms with Crippen molar-refractivity contribution in [3.05, 3.63) is 36.2 Å². The van der Waals surface area contributed by atoms with E-state index in [0.29, 0.717) is 17.2 Å². The largest absolute Gasteiger partial charge is 0.335 e. The van der Waals surface area contributed by atoms with E-state index in [1.807, 2.05) is 30.3 Å². The zero-order chi connectivity index (χ0) is 12.5. The lowest BCUT2D eigenvalue weighted by molar-refractivity contribution is 0.763. The normalized spacial score (nSPS) is 10.4. The van der Waals surface area contributed by atoms with Gasteiger partial charge in [-0.3, -0.25) is 9.78 Å². The van der Waals surface area contributed by atoms with Gasteiger partial charge in [-0.1, -0.05) is 12.1 Å². The Morgan fingerprint density at radius 3 is 3.06 bits per heavy atom. The first-order chi connectivity index (χ1) is 8.78. The van der Waals surface area contributed by atoms with Crippen LogP contribution in [0.2, 0.25) is 0 Å². The number of hydrogen-bond donors (Lipinski definition) is 2. The molecule has 0 aliphatic rings. The molecule has 6 heteroatoms. The first kappa shape index (κ1) is 10.4. The summed E-state index contributed by atoms with van der Waals surface area (Å²) in [7, 11) is 1.77. The molecule has 0 atom stereocenters. The van der Waals surface area contributed by atoms with Gasteiger partial charge < -0.3 is 5.32 Å². The number of rotatable bonds is 2. The molecule has 0 fully saturated rings. The second-order valence-electron chi connectivity index (χ2n) is 3.92. The van der Waals surface area contributed by atoms with Gasteiger partial charge in [0.15, 0.2) is 11.5 Å². The van der Waals surface area contributed by atoms with Crippen molar-refractivity contribution in [2.45, 2.75) is 0 Å². The smallest absolute Gasteiger partial charge is 0.185 e. The molecule has 18 heavy (non-hydrogen) atoms. The van der Waals surface area contributed by atoms with Crippen LogP contribution < -0.4 is 5.32 Å². The molecule has 0 amide bonds. The van der Waals surface area contributed by atoms with E-state index in [1.54, 1.807) is 17.9 Å². The van der Waals surface area contributed by atoms with Gasteiger partial charge in [0, 0.05) is 18.6 Å². The van der Waals surface area contributed by atoms with Gasteiger partial charge in [0.2, 0.25) is 0 Å². The van der Waals surface area contributed by atoms with Crippen molar-refractivity contribution < 1.29 is 0 Å². The van der Waals surface area contributed by atoms with E-state index in [9.17, 15) is 0 Å². The Morgan fingerprint density at radius 2 is 2.22 bits per heavy atom. The van der Waals surface area contributed by atoms with Gasteiger partial charge in [0.05, 0.1) is 11.2 Å². The van der Waals surface area contributed by atoms with Crippen LogP contribution in [0.4, 0.5) is 11.5 Å². The number of H-pyrrole nitrogens is 1. The van der Waals surface area contributed by atoms with Crippen LogP contribution in [0.1, 0.15) is 5.69 Å². The molecule has 0 saturated heterocycles. The number of para-hydroxylation sites is 1. The highest BCUT2D eigenvalue weighted by atomic mass is 15.3. The third-order valence-electron chi connectivity index (χ3n) is 2.66. The van der Waals surface area contributed by atoms with Crippen molar-refractivity contribution in [1.29, 1.82) is 5.26 Å². The van der Waals surface area contributed by atoms with Gasteiger partial charge in [-0.25, -0.2) is 0 Å². The van der Waals surface area contributed by atoms with Crippen molar-refractivity contribution >= 4 is 22.4 Å². The minimum Gasteiger partial charge on any atom is -0.335 e. The minimum atomic E-state index is 0.351. The van der Waals surface area contributed by atoms with Crippen LogP contribution in [0.3, 0.4) is 0 Å². The maximum atomic E-state index is 8.98. The molecule has 3 rings (SSSR count). The van der Waals surface area contributed by atoms with Crippen molar-refractivity contribution in [2.75, 3.05) is 5.32 Å². The number of nitriles is 1. The Kier molecular flexibility index (Phi) is 2.24. The average Bonchev–Trinajstić information content (AvgIpc) is 2.94. The van der Waals surface area contributed by atoms with Crippen molar-refractivity contribution in [3.63, 3.8) is 0 Å². The fraction of sp³-hybridized carbons (Fsp3) is 0.0833. The second kappa shape index (κ2) is 3.89. The number of anilines is 2. The van der Waals surface area contributed by atoms with E-state index in [1.165, 1.54) is 0 Å². The SMILES string of the molecule is Cn1cc(Nc2n[nH]c3ccccc23)c(C#N)n1. The summed E-state index contributed by atoms with van der Waals surface area (Å²) < 4.78 is 1.59. The van der Waals surface area contributed by atoms with Crippen LogP contribution in [0, 0.1) is 11.3 Å². The molecule has 2 N–H and O–H groups in total. The minimum absolute atomic E-state index is 0.351. The number of aromatic nitrogens is 4. The maximum Gasteiger partial charge on any atom is 0.185 e. The topological polar surface area (TPSA) is 82.3 Å². The number of nitrogens with zero attached hydrogens (tertiary/aromatic N) is 4. The second-order valence-corrected chi connectivity index (χ2v) is 3.92. The predicted octanol–water partition coefficient (Wildman–Crippen LogP) is 1.91. The fourth-order valence-electron chi connectivity index (χ4n) is 1.85. The molecule has 0 saturated carbocycles. The molecule has 0 aliphatic heterocycles. The van der Waals surface area contributed by atoms with Gasteiger partial charge in [-0.05, 0) is 12.1 Å². The van der Waals surface area contributed by atoms with Gasteiger partial charge >= 0.3 is 0 Å². The number of fused-ring (bicyclic) bond motifs is 1. The summed E-state index contributed by atoms with van der Waals surface area (Å²) in [5, 5.41) is 24.2. The zero-order valence-electron chi connectivity index (χ0n) is 9.68. The van der Waals surface area contributed by atoms with E-state index in [2.05, 4.69) is 20.6 Å². The fourth-order valence-corrected chi connectivity index (χ4v) is 1.85. The average molecular weight is 238 g/mol. The molecule has 6 nitrogen and oxygen atoms in total. The molecule has 2 aromatic heterocycles. The first-order valence-electron chi connectivity index (χ1n) is 5.42. The molecular weight excluding hydrogens is 228 g/mol. The molecule has 0 aliphatic carbocycles. The van der Waals surface area contributed by atoms with Crippen molar-refractivity contribution in [2.24, 2.45) is 7.05 Å². The van der Waals surface area contributed by atoms with Crippen LogP contribution >= 0.6 is 0 Å². The van der Waals surface area contributed by atoms with Gasteiger partial charge in [-0.15, -0.1) is 0 Å². The summed E-state index contributed by atoms with van der Waals surface area (Å²) >= 11 is 0. The monoisotopic (exact) mass is 238 g/mol. The van der Waals surface area contributed by atoms with Crippen molar-refractivity contribution in [1.82, 2.24) is 20.0 Å². The molecule has 0 spiro atoms. The Bertz CT molecular complexity index is 745. The number of hydrogen-bond acceptors (Lipinski definition) is 4. The third kappa shape index (κ3) is 1.58. The molecule has 0 radical (unpaired) electrons. The predicted molar refractivity (Wildman–Crippen MR) is 67.3 cm³/mol. The van der Waals surface area contributed by atoms with E-state index in [0.717, 1.165) is 10.9 Å². The number of aryl methyl sites for hydroxylation is 1. The highest BCUT2D eigenvalue weighted by Gasteiger charge is 2.10. The van der Waals surface area contributed by atoms with Crippen LogP contribution in [-0.2, 0) is 7.05 Å². The van der Waals surface area contributed by atoms with Crippen LogP contribution in [0.15, 0.2) is 30.5 Å². The summed E-state index contributed by atoms with van der Waals surface area (Å²) in [6, 6.07) is 9.83. The lowest BCUT2D eigenvalue weighted by atomic mass is 10.2. The lowest BCUT2D eigenvalue weighted by Gasteiger charge is -1.99. The molecule has 1 aromatic carbocycles. The molecule has 88 valence electrons. The highest BCUT2D eigenvalue weighted by Crippen LogP contribution is 2.24. The van der Waals surface area contributed by atoms with Crippen LogP contribution in [0.5, 0.6) is 0 Å². The number of nitrogens with one attached hydrogen (secondary N) is 2.